The zero-order valence-corrected chi connectivity index (χ0v) is 6.15. The number of aromatic nitrogens is 3. The Bertz CT molecular complexity index is 333. The van der Waals surface area contributed by atoms with Gasteiger partial charge < -0.3 is 5.11 Å². The van der Waals surface area contributed by atoms with Crippen LogP contribution >= 0.6 is 0 Å². The van der Waals surface area contributed by atoms with Gasteiger partial charge in [0.1, 0.15) is 12.2 Å². The molecule has 0 bridgehead atoms. The molecule has 1 aromatic heterocycles. The van der Waals surface area contributed by atoms with Crippen LogP contribution in [0.15, 0.2) is 11.1 Å². The molecule has 0 amide bonds. The summed E-state index contributed by atoms with van der Waals surface area (Å²) in [5.74, 6) is -0.577. The van der Waals surface area contributed by atoms with Crippen LogP contribution in [0.1, 0.15) is 12.2 Å². The van der Waals surface area contributed by atoms with Crippen molar-refractivity contribution in [1.29, 1.82) is 0 Å². The molecule has 0 atom stereocenters. The molecule has 0 aliphatic carbocycles. The van der Waals surface area contributed by atoms with Crippen LogP contribution in [0.5, 0.6) is 0 Å². The number of aryl methyl sites for hydroxylation is 1. The van der Waals surface area contributed by atoms with Crippen molar-refractivity contribution in [3.8, 4) is 0 Å². The highest BCUT2D eigenvalue weighted by Gasteiger charge is 2.00. The average Bonchev–Trinajstić information content (AvgIpc) is 2.01. The number of hydrogen-bond acceptors (Lipinski definition) is 4. The van der Waals surface area contributed by atoms with E-state index in [9.17, 15) is 9.59 Å². The molecule has 2 N–H and O–H groups in total. The first kappa shape index (κ1) is 8.38. The van der Waals surface area contributed by atoms with Gasteiger partial charge in [-0.2, -0.15) is 4.98 Å². The quantitative estimate of drug-likeness (QED) is 0.616. The fourth-order valence-electron chi connectivity index (χ4n) is 0.691. The Labute approximate surface area is 67.3 Å². The van der Waals surface area contributed by atoms with Crippen LogP contribution in [0.2, 0.25) is 0 Å². The minimum absolute atomic E-state index is 0.0487. The fourth-order valence-corrected chi connectivity index (χ4v) is 0.691. The van der Waals surface area contributed by atoms with E-state index in [4.69, 9.17) is 5.11 Å². The van der Waals surface area contributed by atoms with Crippen LogP contribution in [0, 0.1) is 0 Å². The molecule has 0 radical (unpaired) electrons. The van der Waals surface area contributed by atoms with Crippen LogP contribution < -0.4 is 5.69 Å². The van der Waals surface area contributed by atoms with Gasteiger partial charge in [0.05, 0.1) is 6.42 Å². The minimum atomic E-state index is -0.922. The molecule has 64 valence electrons. The summed E-state index contributed by atoms with van der Waals surface area (Å²) in [5, 5.41) is 8.31. The van der Waals surface area contributed by atoms with Gasteiger partial charge in [0, 0.05) is 6.42 Å². The van der Waals surface area contributed by atoms with Gasteiger partial charge in [0.15, 0.2) is 0 Å². The molecule has 0 fully saturated rings. The Morgan fingerprint density at radius 3 is 2.92 bits per heavy atom. The van der Waals surface area contributed by atoms with Crippen LogP contribution in [-0.2, 0) is 11.2 Å². The lowest BCUT2D eigenvalue weighted by atomic mass is 10.3. The summed E-state index contributed by atoms with van der Waals surface area (Å²) in [4.78, 5) is 30.0. The Kier molecular flexibility index (Phi) is 2.52. The lowest BCUT2D eigenvalue weighted by Gasteiger charge is -1.94. The Morgan fingerprint density at radius 1 is 1.58 bits per heavy atom. The topological polar surface area (TPSA) is 95.9 Å². The van der Waals surface area contributed by atoms with Gasteiger partial charge in [-0.15, -0.1) is 0 Å². The highest BCUT2D eigenvalue weighted by Crippen LogP contribution is 1.90. The van der Waals surface area contributed by atoms with Crippen LogP contribution in [0.3, 0.4) is 0 Å². The number of hydrogen-bond donors (Lipinski definition) is 2. The highest BCUT2D eigenvalue weighted by atomic mass is 16.4. The first-order valence-electron chi connectivity index (χ1n) is 3.30. The zero-order valence-electron chi connectivity index (χ0n) is 6.15. The number of aromatic amines is 1. The third-order valence-electron chi connectivity index (χ3n) is 1.22. The average molecular weight is 169 g/mol. The van der Waals surface area contributed by atoms with E-state index in [1.807, 2.05) is 0 Å². The molecular weight excluding hydrogens is 162 g/mol. The molecule has 0 unspecified atom stereocenters. The van der Waals surface area contributed by atoms with Crippen LogP contribution in [0.4, 0.5) is 0 Å². The van der Waals surface area contributed by atoms with Crippen molar-refractivity contribution < 1.29 is 9.90 Å². The predicted molar refractivity (Wildman–Crippen MR) is 38.6 cm³/mol. The molecule has 6 heteroatoms. The molecule has 0 aromatic carbocycles. The molecule has 12 heavy (non-hydrogen) atoms. The zero-order chi connectivity index (χ0) is 8.97. The van der Waals surface area contributed by atoms with Gasteiger partial charge in [0.25, 0.3) is 0 Å². The summed E-state index contributed by atoms with van der Waals surface area (Å²) in [7, 11) is 0. The SMILES string of the molecule is O=C(O)CCc1ncnc(=O)[nH]1. The van der Waals surface area contributed by atoms with E-state index < -0.39 is 11.7 Å². The van der Waals surface area contributed by atoms with E-state index in [1.165, 1.54) is 0 Å². The molecule has 1 rings (SSSR count). The highest BCUT2D eigenvalue weighted by molar-refractivity contribution is 5.66. The van der Waals surface area contributed by atoms with Gasteiger partial charge in [-0.1, -0.05) is 0 Å². The normalized spacial score (nSPS) is 9.67. The Balaban J connectivity index is 2.64. The van der Waals surface area contributed by atoms with E-state index in [-0.39, 0.29) is 12.8 Å². The second kappa shape index (κ2) is 3.61. The third-order valence-corrected chi connectivity index (χ3v) is 1.22. The number of carboxylic acid groups (broad SMARTS) is 1. The number of H-pyrrole nitrogens is 1. The molecule has 0 spiro atoms. The lowest BCUT2D eigenvalue weighted by molar-refractivity contribution is -0.137. The first-order chi connectivity index (χ1) is 5.68. The second-order valence-corrected chi connectivity index (χ2v) is 2.14. The van der Waals surface area contributed by atoms with Crippen molar-refractivity contribution in [1.82, 2.24) is 15.0 Å². The molecule has 0 saturated heterocycles. The van der Waals surface area contributed by atoms with Crippen molar-refractivity contribution in [3.63, 3.8) is 0 Å². The number of aliphatic carboxylic acids is 1. The lowest BCUT2D eigenvalue weighted by Crippen LogP contribution is -2.14. The molecule has 0 aliphatic heterocycles. The third kappa shape index (κ3) is 2.49. The molecule has 0 saturated carbocycles. The monoisotopic (exact) mass is 169 g/mol. The number of nitrogens with one attached hydrogen (secondary N) is 1. The van der Waals surface area contributed by atoms with E-state index in [0.29, 0.717) is 5.82 Å². The van der Waals surface area contributed by atoms with Gasteiger partial charge in [-0.3, -0.25) is 9.78 Å². The molecular formula is C6H7N3O3. The summed E-state index contributed by atoms with van der Waals surface area (Å²) >= 11 is 0. The molecule has 0 aliphatic rings. The fraction of sp³-hybridized carbons (Fsp3) is 0.333. The summed E-state index contributed by atoms with van der Waals surface area (Å²) in [6, 6.07) is 0. The standard InChI is InChI=1S/C6H7N3O3/c10-5(11)2-1-4-7-3-8-6(12)9-4/h3H,1-2H2,(H,10,11)(H,7,8,9,12). The minimum Gasteiger partial charge on any atom is -0.481 e. The summed E-state index contributed by atoms with van der Waals surface area (Å²) < 4.78 is 0. The van der Waals surface area contributed by atoms with Crippen molar-refractivity contribution in [2.24, 2.45) is 0 Å². The van der Waals surface area contributed by atoms with Gasteiger partial charge in [-0.05, 0) is 0 Å². The van der Waals surface area contributed by atoms with E-state index in [2.05, 4.69) is 15.0 Å². The van der Waals surface area contributed by atoms with E-state index in [0.717, 1.165) is 6.33 Å². The second-order valence-electron chi connectivity index (χ2n) is 2.14. The smallest absolute Gasteiger partial charge is 0.347 e. The van der Waals surface area contributed by atoms with E-state index in [1.54, 1.807) is 0 Å². The molecule has 6 nitrogen and oxygen atoms in total. The van der Waals surface area contributed by atoms with E-state index >= 15 is 0 Å². The van der Waals surface area contributed by atoms with Gasteiger partial charge in [0.2, 0.25) is 0 Å². The van der Waals surface area contributed by atoms with Gasteiger partial charge in [-0.25, -0.2) is 9.78 Å². The molecule has 1 aromatic rings. The molecule has 1 heterocycles. The number of carbonyl (C=O) groups is 1. The number of nitrogens with zero attached hydrogens (tertiary/aromatic N) is 2. The Hall–Kier alpha value is -1.72. The van der Waals surface area contributed by atoms with Crippen LogP contribution in [-0.4, -0.2) is 26.0 Å². The summed E-state index contributed by atoms with van der Waals surface area (Å²) in [6.07, 6.45) is 1.27. The first-order valence-corrected chi connectivity index (χ1v) is 3.30. The Morgan fingerprint density at radius 2 is 2.33 bits per heavy atom. The van der Waals surface area contributed by atoms with Crippen molar-refractivity contribution in [2.45, 2.75) is 12.8 Å². The largest absolute Gasteiger partial charge is 0.481 e. The number of carboxylic acids is 1. The maximum Gasteiger partial charge on any atom is 0.347 e. The van der Waals surface area contributed by atoms with Gasteiger partial charge >= 0.3 is 11.7 Å². The van der Waals surface area contributed by atoms with Crippen LogP contribution in [0.25, 0.3) is 0 Å². The van der Waals surface area contributed by atoms with Crippen molar-refractivity contribution >= 4 is 5.97 Å². The maximum atomic E-state index is 10.6. The predicted octanol–water partition coefficient (Wildman–Crippen LogP) is -0.818. The summed E-state index contributed by atoms with van der Waals surface area (Å²) in [6.45, 7) is 0. The number of rotatable bonds is 3. The van der Waals surface area contributed by atoms with Crippen molar-refractivity contribution in [3.05, 3.63) is 22.6 Å². The summed E-state index contributed by atoms with van der Waals surface area (Å²) in [5.41, 5.74) is -0.509. The maximum absolute atomic E-state index is 10.6. The van der Waals surface area contributed by atoms with Crippen molar-refractivity contribution in [2.75, 3.05) is 0 Å².